The Morgan fingerprint density at radius 2 is 1.45 bits per heavy atom. The quantitative estimate of drug-likeness (QED) is 0.447. The molecule has 0 aliphatic rings. The molecular weight excluding hydrogens is 305 g/mol. The number of nitrogens with zero attached hydrogens (tertiary/aromatic N) is 3. The number of rotatable bonds is 5. The molecule has 0 bridgehead atoms. The van der Waals surface area contributed by atoms with Gasteiger partial charge in [0.15, 0.2) is 0 Å². The summed E-state index contributed by atoms with van der Waals surface area (Å²) in [5, 5.41) is 32.1. The fourth-order valence-corrected chi connectivity index (χ4v) is 1.66. The van der Waals surface area contributed by atoms with Crippen LogP contribution in [-0.4, -0.2) is 24.6 Å². The fourth-order valence-electron chi connectivity index (χ4n) is 1.26. The molecule has 2 N–H and O–H groups in total. The number of phosphoric ester groups is 1. The number of phosphoric acid groups is 1. The summed E-state index contributed by atoms with van der Waals surface area (Å²) in [7, 11) is -5.24. The van der Waals surface area contributed by atoms with Crippen LogP contribution in [0.4, 0.5) is 17.1 Å². The highest BCUT2D eigenvalue weighted by atomic mass is 31.2. The second-order valence-corrected chi connectivity index (χ2v) is 4.30. The smallest absolute Gasteiger partial charge is 0.397 e. The van der Waals surface area contributed by atoms with Crippen molar-refractivity contribution >= 4 is 24.9 Å². The molecule has 0 heterocycles. The summed E-state index contributed by atoms with van der Waals surface area (Å²) in [6.07, 6.45) is 0. The minimum absolute atomic E-state index is 0.468. The van der Waals surface area contributed by atoms with Crippen LogP contribution in [0, 0.1) is 30.3 Å². The molecule has 1 aromatic rings. The maximum atomic E-state index is 10.8. The molecule has 1 rings (SSSR count). The van der Waals surface area contributed by atoms with Gasteiger partial charge in [0.2, 0.25) is 5.75 Å². The molecule has 0 unspecified atom stereocenters. The van der Waals surface area contributed by atoms with E-state index >= 15 is 0 Å². The molecule has 0 aromatic heterocycles. The molecule has 0 fully saturated rings. The Labute approximate surface area is 108 Å². The van der Waals surface area contributed by atoms with Crippen LogP contribution in [0.2, 0.25) is 0 Å². The van der Waals surface area contributed by atoms with E-state index in [0.717, 1.165) is 0 Å². The van der Waals surface area contributed by atoms with Gasteiger partial charge in [-0.05, 0) is 6.07 Å². The third-order valence-corrected chi connectivity index (χ3v) is 2.31. The first-order valence-electron chi connectivity index (χ1n) is 4.40. The first-order valence-corrected chi connectivity index (χ1v) is 5.93. The molecule has 0 saturated heterocycles. The highest BCUT2D eigenvalue weighted by molar-refractivity contribution is 7.46. The van der Waals surface area contributed by atoms with Gasteiger partial charge >= 0.3 is 24.9 Å². The molecular formula is C6H4N3O10P. The van der Waals surface area contributed by atoms with E-state index < -0.39 is 45.4 Å². The Bertz CT molecular complexity index is 651. The van der Waals surface area contributed by atoms with E-state index in [0.29, 0.717) is 12.1 Å². The molecule has 0 saturated carbocycles. The van der Waals surface area contributed by atoms with Crippen molar-refractivity contribution in [3.05, 3.63) is 42.5 Å². The van der Waals surface area contributed by atoms with Crippen LogP contribution in [0.15, 0.2) is 12.1 Å². The molecule has 14 heteroatoms. The third-order valence-electron chi connectivity index (χ3n) is 1.87. The minimum atomic E-state index is -5.24. The zero-order valence-electron chi connectivity index (χ0n) is 9.10. The second kappa shape index (κ2) is 5.16. The number of nitro benzene ring substituents is 3. The predicted octanol–water partition coefficient (Wildman–Crippen LogP) is 0.883. The summed E-state index contributed by atoms with van der Waals surface area (Å²) < 4.78 is 14.5. The standard InChI is InChI=1S/C6H4N3O10P/c10-7(11)3-1-2-4(19-20(16,17)18)6(9(14)15)5(3)8(12)13/h1-2H,(H2,16,17,18). The Balaban J connectivity index is 3.69. The number of nitro groups is 3. The van der Waals surface area contributed by atoms with E-state index in [1.54, 1.807) is 0 Å². The Morgan fingerprint density at radius 1 is 0.950 bits per heavy atom. The lowest BCUT2D eigenvalue weighted by atomic mass is 10.2. The van der Waals surface area contributed by atoms with E-state index in [4.69, 9.17) is 9.79 Å². The van der Waals surface area contributed by atoms with Crippen LogP contribution in [0.5, 0.6) is 5.75 Å². The van der Waals surface area contributed by atoms with E-state index in [1.165, 1.54) is 0 Å². The maximum absolute atomic E-state index is 10.8. The minimum Gasteiger partial charge on any atom is -0.397 e. The highest BCUT2D eigenvalue weighted by Crippen LogP contribution is 2.48. The average molecular weight is 309 g/mol. The van der Waals surface area contributed by atoms with Gasteiger partial charge in [-0.25, -0.2) is 4.57 Å². The van der Waals surface area contributed by atoms with Crippen molar-refractivity contribution < 1.29 is 33.6 Å². The summed E-state index contributed by atoms with van der Waals surface area (Å²) in [5.74, 6) is -1.15. The van der Waals surface area contributed by atoms with Gasteiger partial charge in [0, 0.05) is 6.07 Å². The van der Waals surface area contributed by atoms with Crippen LogP contribution in [0.3, 0.4) is 0 Å². The number of hydrogen-bond acceptors (Lipinski definition) is 8. The topological polar surface area (TPSA) is 196 Å². The van der Waals surface area contributed by atoms with Crippen molar-refractivity contribution in [2.24, 2.45) is 0 Å². The molecule has 1 aromatic carbocycles. The lowest BCUT2D eigenvalue weighted by Gasteiger charge is -2.07. The molecule has 0 aliphatic heterocycles. The monoisotopic (exact) mass is 309 g/mol. The normalized spacial score (nSPS) is 10.9. The zero-order valence-corrected chi connectivity index (χ0v) is 10.00. The van der Waals surface area contributed by atoms with Gasteiger partial charge in [-0.15, -0.1) is 0 Å². The van der Waals surface area contributed by atoms with Crippen LogP contribution < -0.4 is 4.52 Å². The van der Waals surface area contributed by atoms with Crippen molar-refractivity contribution in [1.29, 1.82) is 0 Å². The molecule has 108 valence electrons. The van der Waals surface area contributed by atoms with E-state index in [-0.39, 0.29) is 0 Å². The van der Waals surface area contributed by atoms with Crippen molar-refractivity contribution in [2.45, 2.75) is 0 Å². The lowest BCUT2D eigenvalue weighted by molar-refractivity contribution is -0.441. The van der Waals surface area contributed by atoms with E-state index in [1.807, 2.05) is 0 Å². The molecule has 0 amide bonds. The van der Waals surface area contributed by atoms with Gasteiger partial charge in [0.1, 0.15) is 0 Å². The van der Waals surface area contributed by atoms with Crippen LogP contribution in [-0.2, 0) is 4.57 Å². The largest absolute Gasteiger partial charge is 0.525 e. The van der Waals surface area contributed by atoms with Crippen molar-refractivity contribution in [1.82, 2.24) is 0 Å². The first-order chi connectivity index (χ1) is 9.04. The summed E-state index contributed by atoms with van der Waals surface area (Å²) >= 11 is 0. The van der Waals surface area contributed by atoms with Crippen molar-refractivity contribution in [3.63, 3.8) is 0 Å². The molecule has 20 heavy (non-hydrogen) atoms. The number of hydrogen-bond donors (Lipinski definition) is 2. The fraction of sp³-hybridized carbons (Fsp3) is 0. The maximum Gasteiger partial charge on any atom is 0.525 e. The zero-order chi connectivity index (χ0) is 15.7. The van der Waals surface area contributed by atoms with Gasteiger partial charge in [-0.3, -0.25) is 40.1 Å². The van der Waals surface area contributed by atoms with Crippen molar-refractivity contribution in [2.75, 3.05) is 0 Å². The van der Waals surface area contributed by atoms with Crippen LogP contribution in [0.1, 0.15) is 0 Å². The summed E-state index contributed by atoms with van der Waals surface area (Å²) in [5.41, 5.74) is -4.27. The van der Waals surface area contributed by atoms with Gasteiger partial charge in [-0.2, -0.15) is 0 Å². The van der Waals surface area contributed by atoms with Crippen LogP contribution >= 0.6 is 7.82 Å². The van der Waals surface area contributed by atoms with Crippen molar-refractivity contribution in [3.8, 4) is 5.75 Å². The SMILES string of the molecule is O=[N+]([O-])c1ccc(OP(=O)(O)O)c([N+](=O)[O-])c1[N+](=O)[O-]. The first kappa shape index (κ1) is 15.4. The molecule has 0 radical (unpaired) electrons. The molecule has 0 atom stereocenters. The van der Waals surface area contributed by atoms with Crippen LogP contribution in [0.25, 0.3) is 0 Å². The van der Waals surface area contributed by atoms with E-state index in [2.05, 4.69) is 4.52 Å². The molecule has 0 spiro atoms. The molecule has 0 aliphatic carbocycles. The molecule has 13 nitrogen and oxygen atoms in total. The highest BCUT2D eigenvalue weighted by Gasteiger charge is 2.41. The Morgan fingerprint density at radius 3 is 1.80 bits per heavy atom. The summed E-state index contributed by atoms with van der Waals surface area (Å²) in [6, 6.07) is 0.957. The average Bonchev–Trinajstić information content (AvgIpc) is 2.24. The Kier molecular flexibility index (Phi) is 3.98. The van der Waals surface area contributed by atoms with Gasteiger partial charge in [0.25, 0.3) is 0 Å². The number of benzene rings is 1. The Hall–Kier alpha value is -2.63. The predicted molar refractivity (Wildman–Crippen MR) is 59.1 cm³/mol. The lowest BCUT2D eigenvalue weighted by Crippen LogP contribution is -2.04. The van der Waals surface area contributed by atoms with E-state index in [9.17, 15) is 34.9 Å². The summed E-state index contributed by atoms with van der Waals surface area (Å²) in [4.78, 5) is 45.1. The van der Waals surface area contributed by atoms with Gasteiger partial charge in [0.05, 0.1) is 14.8 Å². The summed E-state index contributed by atoms with van der Waals surface area (Å²) in [6.45, 7) is 0. The third kappa shape index (κ3) is 3.23. The second-order valence-electron chi connectivity index (χ2n) is 3.13. The van der Waals surface area contributed by atoms with Gasteiger partial charge < -0.3 is 4.52 Å². The van der Waals surface area contributed by atoms with Gasteiger partial charge in [-0.1, -0.05) is 0 Å².